The summed E-state index contributed by atoms with van der Waals surface area (Å²) in [6, 6.07) is 11.5. The van der Waals surface area contributed by atoms with Crippen LogP contribution in [0.15, 0.2) is 58.8 Å². The second-order valence-electron chi connectivity index (χ2n) is 6.28. The molecule has 0 saturated heterocycles. The number of nitrogens with one attached hydrogen (secondary N) is 1. The molecule has 3 rings (SSSR count). The minimum absolute atomic E-state index is 0.124. The van der Waals surface area contributed by atoms with Crippen LogP contribution in [0, 0.1) is 5.82 Å². The zero-order valence-corrected chi connectivity index (χ0v) is 15.9. The molecule has 4 nitrogen and oxygen atoms in total. The molecular weight excluding hydrogens is 363 g/mol. The lowest BCUT2D eigenvalue weighted by molar-refractivity contribution is 0.0949. The molecule has 140 valence electrons. The lowest BCUT2D eigenvalue weighted by Gasteiger charge is -2.11. The fourth-order valence-electron chi connectivity index (χ4n) is 2.75. The van der Waals surface area contributed by atoms with Crippen molar-refractivity contribution in [3.8, 4) is 10.4 Å². The number of carbonyl (C=O) groups is 1. The molecule has 0 fully saturated rings. The van der Waals surface area contributed by atoms with Crippen LogP contribution in [-0.2, 0) is 13.1 Å². The third-order valence-corrected chi connectivity index (χ3v) is 5.17. The fraction of sp³-hybridized carbons (Fsp3) is 0.238. The lowest BCUT2D eigenvalue weighted by atomic mass is 10.1. The zero-order chi connectivity index (χ0) is 19.2. The van der Waals surface area contributed by atoms with Gasteiger partial charge in [-0.2, -0.15) is 0 Å². The highest BCUT2D eigenvalue weighted by molar-refractivity contribution is 7.13. The van der Waals surface area contributed by atoms with E-state index in [4.69, 9.17) is 0 Å². The second-order valence-corrected chi connectivity index (χ2v) is 7.23. The number of pyridine rings is 1. The summed E-state index contributed by atoms with van der Waals surface area (Å²) in [5, 5.41) is 4.72. The van der Waals surface area contributed by atoms with E-state index in [-0.39, 0.29) is 23.5 Å². The summed E-state index contributed by atoms with van der Waals surface area (Å²) in [5.74, 6) is -0.750. The number of rotatable bonds is 7. The van der Waals surface area contributed by atoms with Crippen molar-refractivity contribution in [2.75, 3.05) is 0 Å². The number of halogens is 1. The number of nitrogens with zero attached hydrogens (tertiary/aromatic N) is 1. The Morgan fingerprint density at radius 3 is 2.67 bits per heavy atom. The van der Waals surface area contributed by atoms with Crippen molar-refractivity contribution in [1.29, 1.82) is 0 Å². The molecule has 0 aliphatic rings. The summed E-state index contributed by atoms with van der Waals surface area (Å²) in [7, 11) is 0. The minimum atomic E-state index is -0.423. The largest absolute Gasteiger partial charge is 0.348 e. The first-order valence-corrected chi connectivity index (χ1v) is 9.77. The number of thiophene rings is 1. The molecule has 0 saturated carbocycles. The van der Waals surface area contributed by atoms with Crippen molar-refractivity contribution in [1.82, 2.24) is 9.88 Å². The monoisotopic (exact) mass is 384 g/mol. The predicted octanol–water partition coefficient (Wildman–Crippen LogP) is 4.45. The molecule has 0 unspecified atom stereocenters. The average molecular weight is 384 g/mol. The van der Waals surface area contributed by atoms with Gasteiger partial charge < -0.3 is 9.88 Å². The lowest BCUT2D eigenvalue weighted by Crippen LogP contribution is -2.33. The predicted molar refractivity (Wildman–Crippen MR) is 106 cm³/mol. The molecule has 0 bridgehead atoms. The molecule has 1 amide bonds. The first kappa shape index (κ1) is 19.0. The van der Waals surface area contributed by atoms with Crippen LogP contribution in [0.2, 0.25) is 0 Å². The topological polar surface area (TPSA) is 51.1 Å². The molecule has 27 heavy (non-hydrogen) atoms. The van der Waals surface area contributed by atoms with Gasteiger partial charge in [0.05, 0.1) is 0 Å². The highest BCUT2D eigenvalue weighted by atomic mass is 32.1. The van der Waals surface area contributed by atoms with Crippen molar-refractivity contribution >= 4 is 17.2 Å². The van der Waals surface area contributed by atoms with Gasteiger partial charge in [-0.15, -0.1) is 11.3 Å². The number of aromatic nitrogens is 1. The number of aryl methyl sites for hydroxylation is 1. The Morgan fingerprint density at radius 1 is 1.22 bits per heavy atom. The first-order valence-electron chi connectivity index (χ1n) is 8.89. The van der Waals surface area contributed by atoms with Crippen LogP contribution in [0.5, 0.6) is 0 Å². The summed E-state index contributed by atoms with van der Waals surface area (Å²) in [6.45, 7) is 2.87. The third kappa shape index (κ3) is 4.71. The van der Waals surface area contributed by atoms with Crippen molar-refractivity contribution in [3.05, 3.63) is 81.3 Å². The smallest absolute Gasteiger partial charge is 0.263 e. The highest BCUT2D eigenvalue weighted by Gasteiger charge is 2.15. The molecule has 0 atom stereocenters. The Hall–Kier alpha value is -2.73. The maximum absolute atomic E-state index is 13.0. The summed E-state index contributed by atoms with van der Waals surface area (Å²) in [5.41, 5.74) is 1.46. The van der Waals surface area contributed by atoms with Gasteiger partial charge in [-0.1, -0.05) is 31.5 Å². The Kier molecular flexibility index (Phi) is 6.19. The third-order valence-electron chi connectivity index (χ3n) is 4.26. The van der Waals surface area contributed by atoms with Crippen molar-refractivity contribution in [2.24, 2.45) is 0 Å². The van der Waals surface area contributed by atoms with E-state index in [0.29, 0.717) is 6.54 Å². The van der Waals surface area contributed by atoms with Gasteiger partial charge in [0.25, 0.3) is 11.5 Å². The molecule has 1 N–H and O–H groups in total. The van der Waals surface area contributed by atoms with E-state index in [9.17, 15) is 14.0 Å². The fourth-order valence-corrected chi connectivity index (χ4v) is 3.46. The quantitative estimate of drug-likeness (QED) is 0.654. The van der Waals surface area contributed by atoms with Gasteiger partial charge in [0.1, 0.15) is 11.4 Å². The zero-order valence-electron chi connectivity index (χ0n) is 15.1. The van der Waals surface area contributed by atoms with Crippen molar-refractivity contribution in [2.45, 2.75) is 32.9 Å². The molecular formula is C21H21FN2O2S. The van der Waals surface area contributed by atoms with Gasteiger partial charge in [0.15, 0.2) is 0 Å². The molecule has 2 heterocycles. The molecule has 0 aliphatic carbocycles. The number of amides is 1. The number of carbonyl (C=O) groups excluding carboxylic acids is 1. The van der Waals surface area contributed by atoms with Gasteiger partial charge in [0, 0.05) is 29.7 Å². The summed E-state index contributed by atoms with van der Waals surface area (Å²) < 4.78 is 14.6. The van der Waals surface area contributed by atoms with E-state index in [1.54, 1.807) is 34.1 Å². The van der Waals surface area contributed by atoms with Gasteiger partial charge >= 0.3 is 0 Å². The summed E-state index contributed by atoms with van der Waals surface area (Å²) >= 11 is 1.56. The SMILES string of the molecule is CCCCn1cc(-c2cccs2)cc(C(=O)NCc2ccc(F)cc2)c1=O. The van der Waals surface area contributed by atoms with Crippen LogP contribution < -0.4 is 10.9 Å². The summed E-state index contributed by atoms with van der Waals surface area (Å²) in [4.78, 5) is 26.4. The van der Waals surface area contributed by atoms with Crippen molar-refractivity contribution in [3.63, 3.8) is 0 Å². The van der Waals surface area contributed by atoms with Crippen LogP contribution in [0.4, 0.5) is 4.39 Å². The maximum Gasteiger partial charge on any atom is 0.263 e. The van der Waals surface area contributed by atoms with E-state index in [2.05, 4.69) is 12.2 Å². The van der Waals surface area contributed by atoms with E-state index in [0.717, 1.165) is 28.8 Å². The number of benzene rings is 1. The second kappa shape index (κ2) is 8.77. The Bertz CT molecular complexity index is 963. The molecule has 0 aliphatic heterocycles. The Labute approximate surface area is 161 Å². The van der Waals surface area contributed by atoms with E-state index >= 15 is 0 Å². The molecule has 2 aromatic heterocycles. The van der Waals surface area contributed by atoms with Crippen LogP contribution >= 0.6 is 11.3 Å². The normalized spacial score (nSPS) is 10.7. The highest BCUT2D eigenvalue weighted by Crippen LogP contribution is 2.24. The standard InChI is InChI=1S/C21H21FN2O2S/c1-2-3-10-24-14-16(19-5-4-11-27-19)12-18(21(24)26)20(25)23-13-15-6-8-17(22)9-7-15/h4-9,11-12,14H,2-3,10,13H2,1H3,(H,23,25). The van der Waals surface area contributed by atoms with Gasteiger partial charge in [-0.3, -0.25) is 9.59 Å². The van der Waals surface area contributed by atoms with Crippen LogP contribution in [-0.4, -0.2) is 10.5 Å². The number of unbranched alkanes of at least 4 members (excludes halogenated alkanes) is 1. The first-order chi connectivity index (χ1) is 13.1. The van der Waals surface area contributed by atoms with Crippen LogP contribution in [0.1, 0.15) is 35.7 Å². The molecule has 6 heteroatoms. The number of hydrogen-bond donors (Lipinski definition) is 1. The van der Waals surface area contributed by atoms with E-state index in [1.165, 1.54) is 12.1 Å². The molecule has 1 aromatic carbocycles. The average Bonchev–Trinajstić information content (AvgIpc) is 3.21. The minimum Gasteiger partial charge on any atom is -0.348 e. The van der Waals surface area contributed by atoms with E-state index < -0.39 is 5.91 Å². The summed E-state index contributed by atoms with van der Waals surface area (Å²) in [6.07, 6.45) is 3.65. The Balaban J connectivity index is 1.87. The van der Waals surface area contributed by atoms with Gasteiger partial charge in [-0.25, -0.2) is 4.39 Å². The molecule has 3 aromatic rings. The molecule has 0 radical (unpaired) electrons. The number of hydrogen-bond acceptors (Lipinski definition) is 3. The van der Waals surface area contributed by atoms with Crippen LogP contribution in [0.3, 0.4) is 0 Å². The van der Waals surface area contributed by atoms with Gasteiger partial charge in [-0.05, 0) is 41.6 Å². The Morgan fingerprint density at radius 2 is 2.00 bits per heavy atom. The van der Waals surface area contributed by atoms with E-state index in [1.807, 2.05) is 23.7 Å². The van der Waals surface area contributed by atoms with Gasteiger partial charge in [0.2, 0.25) is 0 Å². The maximum atomic E-state index is 13.0. The van der Waals surface area contributed by atoms with Crippen molar-refractivity contribution < 1.29 is 9.18 Å². The molecule has 0 spiro atoms. The van der Waals surface area contributed by atoms with Crippen LogP contribution in [0.25, 0.3) is 10.4 Å².